The topological polar surface area (TPSA) is 98.2 Å². The van der Waals surface area contributed by atoms with Crippen molar-refractivity contribution < 1.29 is 28.9 Å². The second-order valence-electron chi connectivity index (χ2n) is 10.2. The molecular formula is C34H36N2O6S. The van der Waals surface area contributed by atoms with Crippen LogP contribution in [0.5, 0.6) is 17.2 Å². The number of rotatable bonds is 13. The molecule has 4 aromatic rings. The smallest absolute Gasteiger partial charge is 0.301 e. The Hall–Kier alpha value is -4.37. The van der Waals surface area contributed by atoms with Crippen molar-refractivity contribution >= 4 is 44.1 Å². The van der Waals surface area contributed by atoms with E-state index >= 15 is 0 Å². The van der Waals surface area contributed by atoms with Gasteiger partial charge in [0.25, 0.3) is 5.78 Å². The van der Waals surface area contributed by atoms with E-state index < -0.39 is 17.7 Å². The van der Waals surface area contributed by atoms with E-state index in [4.69, 9.17) is 19.2 Å². The highest BCUT2D eigenvalue weighted by molar-refractivity contribution is 7.22. The highest BCUT2D eigenvalue weighted by Gasteiger charge is 2.48. The molecular weight excluding hydrogens is 564 g/mol. The zero-order valence-electron chi connectivity index (χ0n) is 24.7. The zero-order chi connectivity index (χ0) is 30.3. The number of carbonyl (C=O) groups excluding carboxylic acids is 2. The van der Waals surface area contributed by atoms with Crippen molar-refractivity contribution in [2.24, 2.45) is 0 Å². The summed E-state index contributed by atoms with van der Waals surface area (Å²) >= 11 is 1.29. The van der Waals surface area contributed by atoms with Gasteiger partial charge in [-0.1, -0.05) is 50.2 Å². The number of thiazole rings is 1. The third-order valence-corrected chi connectivity index (χ3v) is 8.14. The molecule has 224 valence electrons. The van der Waals surface area contributed by atoms with Crippen LogP contribution < -0.4 is 19.1 Å². The number of hydrogen-bond donors (Lipinski definition) is 1. The summed E-state index contributed by atoms with van der Waals surface area (Å²) in [4.78, 5) is 33.4. The van der Waals surface area contributed by atoms with Crippen molar-refractivity contribution in [2.75, 3.05) is 24.7 Å². The first-order valence-electron chi connectivity index (χ1n) is 14.8. The number of anilines is 1. The summed E-state index contributed by atoms with van der Waals surface area (Å²) in [5, 5.41) is 11.9. The minimum absolute atomic E-state index is 0.00176. The molecule has 8 nitrogen and oxygen atoms in total. The number of aliphatic hydroxyl groups is 1. The van der Waals surface area contributed by atoms with Crippen molar-refractivity contribution in [1.29, 1.82) is 0 Å². The molecule has 5 rings (SSSR count). The standard InChI is InChI=1S/C34H36N2O6S/c1-4-7-8-20-42-25-13-9-22(10-14-25)30-29(31(37)23-11-15-24(16-12-23)41-19-5-2)32(38)33(39)36(30)34-35-27-18-17-26(40-6-3)21-28(27)43-34/h9-18,21,30,37H,4-8,19-20H2,1-3H3. The predicted molar refractivity (Wildman–Crippen MR) is 169 cm³/mol. The molecule has 1 aliphatic rings. The largest absolute Gasteiger partial charge is 0.507 e. The van der Waals surface area contributed by atoms with Crippen LogP contribution in [0.3, 0.4) is 0 Å². The lowest BCUT2D eigenvalue weighted by Crippen LogP contribution is -2.29. The molecule has 1 atom stereocenters. The van der Waals surface area contributed by atoms with E-state index in [0.29, 0.717) is 58.8 Å². The molecule has 2 heterocycles. The predicted octanol–water partition coefficient (Wildman–Crippen LogP) is 7.68. The quantitative estimate of drug-likeness (QED) is 0.0727. The monoisotopic (exact) mass is 600 g/mol. The Balaban J connectivity index is 1.56. The van der Waals surface area contributed by atoms with Crippen molar-refractivity contribution in [1.82, 2.24) is 4.98 Å². The van der Waals surface area contributed by atoms with Crippen LogP contribution >= 0.6 is 11.3 Å². The number of ketones is 1. The molecule has 1 N–H and O–H groups in total. The molecule has 0 aliphatic carbocycles. The number of hydrogen-bond acceptors (Lipinski definition) is 8. The van der Waals surface area contributed by atoms with Gasteiger partial charge >= 0.3 is 5.91 Å². The van der Waals surface area contributed by atoms with Crippen LogP contribution in [-0.2, 0) is 9.59 Å². The lowest BCUT2D eigenvalue weighted by molar-refractivity contribution is -0.132. The third kappa shape index (κ3) is 6.51. The number of fused-ring (bicyclic) bond motifs is 1. The fourth-order valence-electron chi connectivity index (χ4n) is 4.97. The number of benzene rings is 3. The van der Waals surface area contributed by atoms with Gasteiger partial charge in [-0.05, 0) is 79.9 Å². The van der Waals surface area contributed by atoms with E-state index in [1.165, 1.54) is 16.2 Å². The van der Waals surface area contributed by atoms with E-state index in [2.05, 4.69) is 6.92 Å². The van der Waals surface area contributed by atoms with Gasteiger partial charge in [-0.3, -0.25) is 14.5 Å². The number of unbranched alkanes of at least 4 members (excludes halogenated alkanes) is 2. The van der Waals surface area contributed by atoms with Crippen molar-refractivity contribution in [3.63, 3.8) is 0 Å². The van der Waals surface area contributed by atoms with E-state index in [9.17, 15) is 14.7 Å². The van der Waals surface area contributed by atoms with Crippen LogP contribution in [-0.4, -0.2) is 41.6 Å². The lowest BCUT2D eigenvalue weighted by atomic mass is 9.95. The molecule has 9 heteroatoms. The highest BCUT2D eigenvalue weighted by atomic mass is 32.1. The van der Waals surface area contributed by atoms with Gasteiger partial charge in [-0.25, -0.2) is 4.98 Å². The average Bonchev–Trinajstić information content (AvgIpc) is 3.56. The maximum absolute atomic E-state index is 13.7. The Morgan fingerprint density at radius 2 is 1.51 bits per heavy atom. The van der Waals surface area contributed by atoms with Crippen LogP contribution in [0.2, 0.25) is 0 Å². The van der Waals surface area contributed by atoms with Crippen molar-refractivity contribution in [2.45, 2.75) is 52.5 Å². The third-order valence-electron chi connectivity index (χ3n) is 7.12. The van der Waals surface area contributed by atoms with Gasteiger partial charge in [0.05, 0.1) is 41.7 Å². The van der Waals surface area contributed by atoms with Gasteiger partial charge in [0.2, 0.25) is 0 Å². The van der Waals surface area contributed by atoms with Gasteiger partial charge < -0.3 is 19.3 Å². The van der Waals surface area contributed by atoms with Gasteiger partial charge in [0.15, 0.2) is 5.13 Å². The summed E-state index contributed by atoms with van der Waals surface area (Å²) < 4.78 is 18.0. The first-order chi connectivity index (χ1) is 20.9. The molecule has 1 aromatic heterocycles. The molecule has 1 fully saturated rings. The Morgan fingerprint density at radius 1 is 0.837 bits per heavy atom. The van der Waals surface area contributed by atoms with E-state index in [1.807, 2.05) is 56.3 Å². The first kappa shape index (κ1) is 30.1. The SMILES string of the molecule is CCCCCOc1ccc(C2C(=C(O)c3ccc(OCCC)cc3)C(=O)C(=O)N2c2nc3ccc(OCC)cc3s2)cc1. The van der Waals surface area contributed by atoms with Crippen LogP contribution in [0.1, 0.15) is 63.6 Å². The maximum Gasteiger partial charge on any atom is 0.301 e. The molecule has 0 radical (unpaired) electrons. The Morgan fingerprint density at radius 3 is 2.19 bits per heavy atom. The Bertz CT molecular complexity index is 1610. The van der Waals surface area contributed by atoms with Crippen molar-refractivity contribution in [3.05, 3.63) is 83.4 Å². The molecule has 0 bridgehead atoms. The lowest BCUT2D eigenvalue weighted by Gasteiger charge is -2.23. The zero-order valence-corrected chi connectivity index (χ0v) is 25.5. The van der Waals surface area contributed by atoms with Crippen LogP contribution in [0, 0.1) is 0 Å². The van der Waals surface area contributed by atoms with Gasteiger partial charge in [-0.15, -0.1) is 0 Å². The summed E-state index contributed by atoms with van der Waals surface area (Å²) in [6.07, 6.45) is 4.02. The fourth-order valence-corrected chi connectivity index (χ4v) is 5.99. The van der Waals surface area contributed by atoms with Gasteiger partial charge in [-0.2, -0.15) is 0 Å². The summed E-state index contributed by atoms with van der Waals surface area (Å²) in [6.45, 7) is 7.78. The molecule has 3 aromatic carbocycles. The number of aliphatic hydroxyl groups excluding tert-OH is 1. The molecule has 0 saturated carbocycles. The fraction of sp³-hybridized carbons (Fsp3) is 0.324. The van der Waals surface area contributed by atoms with E-state index in [0.717, 1.165) is 30.4 Å². The van der Waals surface area contributed by atoms with E-state index in [-0.39, 0.29) is 11.3 Å². The Kier molecular flexibility index (Phi) is 9.61. The maximum atomic E-state index is 13.7. The summed E-state index contributed by atoms with van der Waals surface area (Å²) in [5.74, 6) is 0.271. The molecule has 1 saturated heterocycles. The molecule has 43 heavy (non-hydrogen) atoms. The normalized spacial score (nSPS) is 16.2. The van der Waals surface area contributed by atoms with Crippen molar-refractivity contribution in [3.8, 4) is 17.2 Å². The Labute approximate surface area is 255 Å². The molecule has 1 unspecified atom stereocenters. The number of nitrogens with zero attached hydrogens (tertiary/aromatic N) is 2. The summed E-state index contributed by atoms with van der Waals surface area (Å²) in [6, 6.07) is 18.8. The summed E-state index contributed by atoms with van der Waals surface area (Å²) in [5.41, 5.74) is 1.74. The minimum Gasteiger partial charge on any atom is -0.507 e. The second kappa shape index (κ2) is 13.7. The number of ether oxygens (including phenoxy) is 3. The number of aromatic nitrogens is 1. The number of carbonyl (C=O) groups is 2. The van der Waals surface area contributed by atoms with Gasteiger partial charge in [0.1, 0.15) is 23.0 Å². The molecule has 1 amide bonds. The molecule has 1 aliphatic heterocycles. The van der Waals surface area contributed by atoms with E-state index in [1.54, 1.807) is 24.3 Å². The van der Waals surface area contributed by atoms with Crippen LogP contribution in [0.25, 0.3) is 16.0 Å². The first-order valence-corrected chi connectivity index (χ1v) is 15.6. The van der Waals surface area contributed by atoms with Crippen LogP contribution in [0.4, 0.5) is 5.13 Å². The summed E-state index contributed by atoms with van der Waals surface area (Å²) in [7, 11) is 0. The number of amides is 1. The number of Topliss-reactive ketones (excluding diaryl/α,β-unsaturated/α-hetero) is 1. The molecule has 0 spiro atoms. The average molecular weight is 601 g/mol. The van der Waals surface area contributed by atoms with Crippen LogP contribution in [0.15, 0.2) is 72.3 Å². The highest BCUT2D eigenvalue weighted by Crippen LogP contribution is 2.45. The minimum atomic E-state index is -0.892. The second-order valence-corrected chi connectivity index (χ2v) is 11.2. The van der Waals surface area contributed by atoms with Gasteiger partial charge in [0, 0.05) is 5.56 Å².